The van der Waals surface area contributed by atoms with Gasteiger partial charge in [-0.15, -0.1) is 0 Å². The zero-order valence-electron chi connectivity index (χ0n) is 16.0. The van der Waals surface area contributed by atoms with Crippen LogP contribution in [0.4, 0.5) is 0 Å². The van der Waals surface area contributed by atoms with Crippen LogP contribution in [0.25, 0.3) is 0 Å². The van der Waals surface area contributed by atoms with Crippen molar-refractivity contribution in [1.82, 2.24) is 0 Å². The molecule has 1 aliphatic rings. The normalized spacial score (nSPS) is 20.8. The summed E-state index contributed by atoms with van der Waals surface area (Å²) in [5.74, 6) is 0.255. The summed E-state index contributed by atoms with van der Waals surface area (Å²) in [5.41, 5.74) is 1.28. The van der Waals surface area contributed by atoms with Crippen molar-refractivity contribution in [2.45, 2.75) is 70.4 Å². The first-order chi connectivity index (χ1) is 11.3. The minimum Gasteiger partial charge on any atom is -0.416 e. The molecular formula is C20H34O3Si. The van der Waals surface area contributed by atoms with Gasteiger partial charge in [-0.25, -0.2) is 0 Å². The van der Waals surface area contributed by atoms with E-state index in [1.165, 1.54) is 12.0 Å². The second kappa shape index (κ2) is 8.61. The lowest BCUT2D eigenvalue weighted by molar-refractivity contribution is -0.166. The maximum atomic E-state index is 6.47. The van der Waals surface area contributed by atoms with Crippen molar-refractivity contribution < 1.29 is 13.9 Å². The Morgan fingerprint density at radius 2 is 1.83 bits per heavy atom. The molecule has 1 saturated heterocycles. The van der Waals surface area contributed by atoms with E-state index >= 15 is 0 Å². The van der Waals surface area contributed by atoms with Crippen LogP contribution in [0, 0.1) is 0 Å². The van der Waals surface area contributed by atoms with Crippen LogP contribution in [0.3, 0.4) is 0 Å². The van der Waals surface area contributed by atoms with Crippen molar-refractivity contribution >= 4 is 8.32 Å². The largest absolute Gasteiger partial charge is 0.416 e. The molecule has 0 saturated carbocycles. The Hall–Kier alpha value is -0.683. The fraction of sp³-hybridized carbons (Fsp3) is 0.700. The second-order valence-electron chi connectivity index (χ2n) is 8.31. The van der Waals surface area contributed by atoms with Gasteiger partial charge in [-0.2, -0.15) is 0 Å². The van der Waals surface area contributed by atoms with Crippen LogP contribution in [0.5, 0.6) is 0 Å². The molecule has 0 aliphatic carbocycles. The topological polar surface area (TPSA) is 27.7 Å². The molecule has 1 aromatic rings. The summed E-state index contributed by atoms with van der Waals surface area (Å²) in [6.45, 7) is 13.6. The van der Waals surface area contributed by atoms with Gasteiger partial charge in [-0.05, 0) is 43.0 Å². The van der Waals surface area contributed by atoms with Gasteiger partial charge in [0.25, 0.3) is 0 Å². The van der Waals surface area contributed by atoms with Gasteiger partial charge in [-0.1, -0.05) is 51.1 Å². The van der Waals surface area contributed by atoms with Crippen LogP contribution in [0.1, 0.15) is 51.5 Å². The van der Waals surface area contributed by atoms with E-state index in [0.29, 0.717) is 13.2 Å². The molecule has 0 radical (unpaired) electrons. The summed E-state index contributed by atoms with van der Waals surface area (Å²) >= 11 is 0. The summed E-state index contributed by atoms with van der Waals surface area (Å²) in [6, 6.07) is 10.6. The summed E-state index contributed by atoms with van der Waals surface area (Å²) < 4.78 is 18.2. The van der Waals surface area contributed by atoms with Crippen molar-refractivity contribution in [3.8, 4) is 0 Å². The van der Waals surface area contributed by atoms with Gasteiger partial charge in [0.1, 0.15) is 0 Å². The Balaban J connectivity index is 1.98. The predicted octanol–water partition coefficient (Wildman–Crippen LogP) is 5.34. The number of hydrogen-bond acceptors (Lipinski definition) is 3. The summed E-state index contributed by atoms with van der Waals surface area (Å²) in [5, 5.41) is 0.224. The van der Waals surface area contributed by atoms with Crippen LogP contribution >= 0.6 is 0 Å². The minimum atomic E-state index is -1.76. The zero-order chi connectivity index (χ0) is 17.6. The number of ether oxygens (including phenoxy) is 2. The van der Waals surface area contributed by atoms with E-state index in [0.717, 1.165) is 19.4 Å². The van der Waals surface area contributed by atoms with Crippen molar-refractivity contribution in [2.24, 2.45) is 0 Å². The first kappa shape index (κ1) is 19.6. The van der Waals surface area contributed by atoms with E-state index in [9.17, 15) is 0 Å². The molecule has 4 heteroatoms. The molecule has 2 atom stereocenters. The first-order valence-electron chi connectivity index (χ1n) is 9.22. The molecule has 0 N–H and O–H groups in total. The third-order valence-corrected chi connectivity index (χ3v) is 9.84. The Morgan fingerprint density at radius 1 is 1.12 bits per heavy atom. The zero-order valence-corrected chi connectivity index (χ0v) is 17.0. The van der Waals surface area contributed by atoms with Crippen LogP contribution < -0.4 is 0 Å². The predicted molar refractivity (Wildman–Crippen MR) is 102 cm³/mol. The Labute approximate surface area is 148 Å². The molecular weight excluding hydrogens is 316 g/mol. The minimum absolute atomic E-state index is 0.0437. The summed E-state index contributed by atoms with van der Waals surface area (Å²) in [7, 11) is -1.76. The van der Waals surface area contributed by atoms with E-state index in [2.05, 4.69) is 64.2 Å². The Kier molecular flexibility index (Phi) is 7.05. The third-order valence-electron chi connectivity index (χ3n) is 5.34. The molecule has 3 nitrogen and oxygen atoms in total. The lowest BCUT2D eigenvalue weighted by Gasteiger charge is -2.37. The van der Waals surface area contributed by atoms with Crippen molar-refractivity contribution in [3.05, 3.63) is 35.9 Å². The molecule has 1 aromatic carbocycles. The van der Waals surface area contributed by atoms with Gasteiger partial charge in [-0.3, -0.25) is 0 Å². The summed E-state index contributed by atoms with van der Waals surface area (Å²) in [6.07, 6.45) is 3.31. The molecule has 1 heterocycles. The van der Waals surface area contributed by atoms with Gasteiger partial charge in [0, 0.05) is 19.1 Å². The molecule has 1 aliphatic heterocycles. The molecule has 136 valence electrons. The molecule has 1 fully saturated rings. The standard InChI is InChI=1S/C20H34O3Si/c1-20(2,3)24(4,5)23-16-18(17-11-7-6-8-12-17)15-22-19-13-9-10-14-21-19/h6-8,11-12,18-19H,9-10,13-16H2,1-5H3. The fourth-order valence-corrected chi connectivity index (χ4v) is 3.61. The van der Waals surface area contributed by atoms with Crippen LogP contribution in [0.2, 0.25) is 18.1 Å². The average Bonchev–Trinajstić information content (AvgIpc) is 2.55. The number of hydrogen-bond donors (Lipinski definition) is 0. The average molecular weight is 351 g/mol. The fourth-order valence-electron chi connectivity index (χ4n) is 2.56. The third kappa shape index (κ3) is 5.69. The first-order valence-corrected chi connectivity index (χ1v) is 12.1. The quantitative estimate of drug-likeness (QED) is 0.622. The molecule has 0 spiro atoms. The highest BCUT2D eigenvalue weighted by molar-refractivity contribution is 6.74. The van der Waals surface area contributed by atoms with Crippen LogP contribution in [0.15, 0.2) is 30.3 Å². The summed E-state index contributed by atoms with van der Waals surface area (Å²) in [4.78, 5) is 0. The van der Waals surface area contributed by atoms with Gasteiger partial charge in [0.05, 0.1) is 6.61 Å². The van der Waals surface area contributed by atoms with Crippen molar-refractivity contribution in [3.63, 3.8) is 0 Å². The number of benzene rings is 1. The van der Waals surface area contributed by atoms with E-state index in [1.54, 1.807) is 0 Å². The van der Waals surface area contributed by atoms with Gasteiger partial charge < -0.3 is 13.9 Å². The molecule has 2 rings (SSSR count). The van der Waals surface area contributed by atoms with Crippen LogP contribution in [-0.2, 0) is 13.9 Å². The molecule has 2 unspecified atom stereocenters. The second-order valence-corrected chi connectivity index (χ2v) is 13.1. The molecule has 0 aromatic heterocycles. The van der Waals surface area contributed by atoms with Crippen molar-refractivity contribution in [2.75, 3.05) is 19.8 Å². The maximum absolute atomic E-state index is 6.47. The highest BCUT2D eigenvalue weighted by Crippen LogP contribution is 2.37. The monoisotopic (exact) mass is 350 g/mol. The van der Waals surface area contributed by atoms with Crippen molar-refractivity contribution in [1.29, 1.82) is 0 Å². The van der Waals surface area contributed by atoms with Gasteiger partial charge in [0.15, 0.2) is 14.6 Å². The Morgan fingerprint density at radius 3 is 2.42 bits per heavy atom. The van der Waals surface area contributed by atoms with E-state index in [1.807, 2.05) is 0 Å². The van der Waals surface area contributed by atoms with E-state index in [-0.39, 0.29) is 17.2 Å². The SMILES string of the molecule is CC(C)(C)[Si](C)(C)OCC(COC1CCCCO1)c1ccccc1. The smallest absolute Gasteiger partial charge is 0.192 e. The highest BCUT2D eigenvalue weighted by Gasteiger charge is 2.37. The molecule has 24 heavy (non-hydrogen) atoms. The Bertz CT molecular complexity index is 475. The lowest BCUT2D eigenvalue weighted by Crippen LogP contribution is -2.42. The maximum Gasteiger partial charge on any atom is 0.192 e. The van der Waals surface area contributed by atoms with Gasteiger partial charge >= 0.3 is 0 Å². The highest BCUT2D eigenvalue weighted by atomic mass is 28.4. The van der Waals surface area contributed by atoms with E-state index < -0.39 is 8.32 Å². The van der Waals surface area contributed by atoms with Crippen LogP contribution in [-0.4, -0.2) is 34.4 Å². The molecule has 0 bridgehead atoms. The molecule has 0 amide bonds. The lowest BCUT2D eigenvalue weighted by atomic mass is 10.0. The van der Waals surface area contributed by atoms with Gasteiger partial charge in [0.2, 0.25) is 0 Å². The van der Waals surface area contributed by atoms with E-state index in [4.69, 9.17) is 13.9 Å². The number of rotatable bonds is 7.